The molecule has 18 heavy (non-hydrogen) atoms. The Bertz CT molecular complexity index is 545. The van der Waals surface area contributed by atoms with Crippen molar-refractivity contribution < 1.29 is 4.39 Å². The Kier molecular flexibility index (Phi) is 2.71. The molecular formula is C12H14FN5. The number of aromatic nitrogens is 3. The average Bonchev–Trinajstić information content (AvgIpc) is 2.81. The summed E-state index contributed by atoms with van der Waals surface area (Å²) in [4.78, 5) is 2.12. The topological polar surface area (TPSA) is 60.0 Å². The summed E-state index contributed by atoms with van der Waals surface area (Å²) in [6.07, 6.45) is 1.73. The van der Waals surface area contributed by atoms with Gasteiger partial charge in [0.25, 0.3) is 0 Å². The molecule has 5 nitrogen and oxygen atoms in total. The van der Waals surface area contributed by atoms with Gasteiger partial charge in [-0.3, -0.25) is 4.90 Å². The molecule has 2 heterocycles. The third kappa shape index (κ3) is 1.95. The van der Waals surface area contributed by atoms with Gasteiger partial charge in [-0.1, -0.05) is 6.07 Å². The van der Waals surface area contributed by atoms with E-state index >= 15 is 0 Å². The fourth-order valence-electron chi connectivity index (χ4n) is 2.22. The number of hydrogen-bond acceptors (Lipinski definition) is 4. The Hall–Kier alpha value is -1.95. The van der Waals surface area contributed by atoms with E-state index < -0.39 is 0 Å². The summed E-state index contributed by atoms with van der Waals surface area (Å²) in [6.45, 7) is 2.86. The van der Waals surface area contributed by atoms with Crippen LogP contribution in [-0.2, 0) is 19.6 Å². The maximum Gasteiger partial charge on any atom is 0.147 e. The van der Waals surface area contributed by atoms with Crippen molar-refractivity contribution in [1.29, 1.82) is 0 Å². The zero-order chi connectivity index (χ0) is 12.5. The minimum atomic E-state index is -0.248. The largest absolute Gasteiger partial charge is 0.398 e. The summed E-state index contributed by atoms with van der Waals surface area (Å²) in [5, 5.41) is 7.91. The molecular weight excluding hydrogens is 233 g/mol. The van der Waals surface area contributed by atoms with Crippen LogP contribution < -0.4 is 5.73 Å². The van der Waals surface area contributed by atoms with Crippen LogP contribution in [0.15, 0.2) is 24.5 Å². The van der Waals surface area contributed by atoms with Crippen molar-refractivity contribution in [2.24, 2.45) is 0 Å². The fourth-order valence-corrected chi connectivity index (χ4v) is 2.22. The van der Waals surface area contributed by atoms with E-state index in [2.05, 4.69) is 15.1 Å². The smallest absolute Gasteiger partial charge is 0.147 e. The monoisotopic (exact) mass is 247 g/mol. The number of benzene rings is 1. The predicted molar refractivity (Wildman–Crippen MR) is 64.9 cm³/mol. The summed E-state index contributed by atoms with van der Waals surface area (Å²) >= 11 is 0. The minimum Gasteiger partial charge on any atom is -0.398 e. The van der Waals surface area contributed by atoms with Gasteiger partial charge in [0.15, 0.2) is 0 Å². The van der Waals surface area contributed by atoms with Crippen LogP contribution in [0.5, 0.6) is 0 Å². The van der Waals surface area contributed by atoms with E-state index in [9.17, 15) is 4.39 Å². The lowest BCUT2D eigenvalue weighted by atomic mass is 10.1. The number of nitrogen functional groups attached to an aromatic ring is 1. The molecule has 0 saturated carbocycles. The fraction of sp³-hybridized carbons (Fsp3) is 0.333. The summed E-state index contributed by atoms with van der Waals surface area (Å²) in [7, 11) is 0. The van der Waals surface area contributed by atoms with E-state index in [1.54, 1.807) is 18.5 Å². The lowest BCUT2D eigenvalue weighted by Gasteiger charge is -2.27. The normalized spacial score (nSPS) is 15.6. The molecule has 0 saturated heterocycles. The third-order valence-corrected chi connectivity index (χ3v) is 3.25. The SMILES string of the molecule is Nc1cccc(F)c1CN1CCn2cnnc2C1. The van der Waals surface area contributed by atoms with Crippen molar-refractivity contribution in [3.8, 4) is 0 Å². The molecule has 1 aliphatic rings. The highest BCUT2D eigenvalue weighted by Gasteiger charge is 2.19. The molecule has 0 atom stereocenters. The zero-order valence-corrected chi connectivity index (χ0v) is 9.88. The van der Waals surface area contributed by atoms with Crippen LogP contribution in [0.2, 0.25) is 0 Å². The van der Waals surface area contributed by atoms with Crippen molar-refractivity contribution in [1.82, 2.24) is 19.7 Å². The third-order valence-electron chi connectivity index (χ3n) is 3.25. The van der Waals surface area contributed by atoms with Gasteiger partial charge in [-0.25, -0.2) is 4.39 Å². The number of halogens is 1. The van der Waals surface area contributed by atoms with Gasteiger partial charge in [0.05, 0.1) is 6.54 Å². The van der Waals surface area contributed by atoms with Crippen molar-refractivity contribution in [2.45, 2.75) is 19.6 Å². The van der Waals surface area contributed by atoms with Crippen LogP contribution in [0.25, 0.3) is 0 Å². The zero-order valence-electron chi connectivity index (χ0n) is 9.88. The van der Waals surface area contributed by atoms with E-state index in [0.29, 0.717) is 24.3 Å². The number of nitrogens with zero attached hydrogens (tertiary/aromatic N) is 4. The lowest BCUT2D eigenvalue weighted by molar-refractivity contribution is 0.206. The summed E-state index contributed by atoms with van der Waals surface area (Å²) in [5.74, 6) is 0.665. The van der Waals surface area contributed by atoms with E-state index in [1.807, 2.05) is 4.57 Å². The molecule has 2 aromatic rings. The first-order valence-corrected chi connectivity index (χ1v) is 5.86. The summed E-state index contributed by atoms with van der Waals surface area (Å²) in [6, 6.07) is 4.80. The van der Waals surface area contributed by atoms with E-state index in [1.165, 1.54) is 6.07 Å². The molecule has 0 spiro atoms. The molecule has 94 valence electrons. The van der Waals surface area contributed by atoms with Crippen LogP contribution in [0, 0.1) is 5.82 Å². The molecule has 1 aliphatic heterocycles. The molecule has 0 aliphatic carbocycles. The van der Waals surface area contributed by atoms with Crippen LogP contribution in [0.3, 0.4) is 0 Å². The van der Waals surface area contributed by atoms with Crippen LogP contribution in [0.1, 0.15) is 11.4 Å². The number of fused-ring (bicyclic) bond motifs is 1. The highest BCUT2D eigenvalue weighted by atomic mass is 19.1. The van der Waals surface area contributed by atoms with Crippen molar-refractivity contribution in [2.75, 3.05) is 12.3 Å². The first-order chi connectivity index (χ1) is 8.74. The van der Waals surface area contributed by atoms with Crippen molar-refractivity contribution in [3.05, 3.63) is 41.7 Å². The van der Waals surface area contributed by atoms with Crippen LogP contribution >= 0.6 is 0 Å². The van der Waals surface area contributed by atoms with E-state index in [0.717, 1.165) is 18.9 Å². The number of hydrogen-bond donors (Lipinski definition) is 1. The van der Waals surface area contributed by atoms with Crippen molar-refractivity contribution in [3.63, 3.8) is 0 Å². The molecule has 1 aromatic heterocycles. The second kappa shape index (κ2) is 4.38. The Morgan fingerprint density at radius 3 is 3.06 bits per heavy atom. The van der Waals surface area contributed by atoms with Gasteiger partial charge in [0.1, 0.15) is 18.0 Å². The highest BCUT2D eigenvalue weighted by Crippen LogP contribution is 2.20. The molecule has 3 rings (SSSR count). The number of anilines is 1. The highest BCUT2D eigenvalue weighted by molar-refractivity contribution is 5.47. The Morgan fingerprint density at radius 1 is 1.33 bits per heavy atom. The molecule has 0 bridgehead atoms. The summed E-state index contributed by atoms with van der Waals surface area (Å²) in [5.41, 5.74) is 6.88. The van der Waals surface area contributed by atoms with Gasteiger partial charge < -0.3 is 10.3 Å². The van der Waals surface area contributed by atoms with Gasteiger partial charge in [-0.05, 0) is 12.1 Å². The van der Waals surface area contributed by atoms with Gasteiger partial charge >= 0.3 is 0 Å². The minimum absolute atomic E-state index is 0.248. The second-order valence-electron chi connectivity index (χ2n) is 4.46. The van der Waals surface area contributed by atoms with E-state index in [4.69, 9.17) is 5.73 Å². The molecule has 0 radical (unpaired) electrons. The predicted octanol–water partition coefficient (Wildman–Crippen LogP) is 1.02. The van der Waals surface area contributed by atoms with Crippen molar-refractivity contribution >= 4 is 5.69 Å². The quantitative estimate of drug-likeness (QED) is 0.805. The molecule has 2 N–H and O–H groups in total. The van der Waals surface area contributed by atoms with Gasteiger partial charge in [-0.15, -0.1) is 10.2 Å². The number of nitrogens with two attached hydrogens (primary N) is 1. The Balaban J connectivity index is 1.79. The van der Waals surface area contributed by atoms with E-state index in [-0.39, 0.29) is 5.82 Å². The second-order valence-corrected chi connectivity index (χ2v) is 4.46. The maximum atomic E-state index is 13.7. The van der Waals surface area contributed by atoms with Gasteiger partial charge in [0.2, 0.25) is 0 Å². The Labute approximate surface area is 104 Å². The standard InChI is InChI=1S/C12H14FN5/c13-10-2-1-3-11(14)9(10)6-17-4-5-18-8-15-16-12(18)7-17/h1-3,8H,4-7,14H2. The lowest BCUT2D eigenvalue weighted by Crippen LogP contribution is -2.33. The molecule has 0 unspecified atom stereocenters. The Morgan fingerprint density at radius 2 is 2.22 bits per heavy atom. The van der Waals surface area contributed by atoms with Gasteiger partial charge in [0, 0.05) is 30.9 Å². The van der Waals surface area contributed by atoms with Gasteiger partial charge in [-0.2, -0.15) is 0 Å². The first-order valence-electron chi connectivity index (χ1n) is 5.86. The summed E-state index contributed by atoms with van der Waals surface area (Å²) < 4.78 is 15.7. The molecule has 0 amide bonds. The maximum absolute atomic E-state index is 13.7. The number of rotatable bonds is 2. The first kappa shape index (κ1) is 11.2. The molecule has 6 heteroatoms. The van der Waals surface area contributed by atoms with Crippen LogP contribution in [-0.4, -0.2) is 26.2 Å². The molecule has 0 fully saturated rings. The average molecular weight is 247 g/mol. The van der Waals surface area contributed by atoms with Crippen LogP contribution in [0.4, 0.5) is 10.1 Å². The molecule has 1 aromatic carbocycles.